The van der Waals surface area contributed by atoms with E-state index in [0.29, 0.717) is 16.3 Å². The zero-order valence-corrected chi connectivity index (χ0v) is 15.0. The largest absolute Gasteiger partial charge is 0.497 e. The van der Waals surface area contributed by atoms with Gasteiger partial charge in [-0.15, -0.1) is 0 Å². The number of benzene rings is 2. The molecule has 3 rings (SSSR count). The van der Waals surface area contributed by atoms with E-state index in [2.05, 4.69) is 17.0 Å². The molecular weight excluding hydrogens is 334 g/mol. The molecule has 128 valence electrons. The van der Waals surface area contributed by atoms with Gasteiger partial charge in [-0.05, 0) is 42.7 Å². The predicted octanol–water partition coefficient (Wildman–Crippen LogP) is 4.94. The van der Waals surface area contributed by atoms with Crippen LogP contribution in [-0.4, -0.2) is 24.4 Å². The Morgan fingerprint density at radius 2 is 2.08 bits per heavy atom. The Bertz CT molecular complexity index is 826. The average Bonchev–Trinajstić information content (AvgIpc) is 2.64. The number of aliphatic imine (C=N–C) groups is 1. The third-order valence-corrected chi connectivity index (χ3v) is 4.62. The van der Waals surface area contributed by atoms with Gasteiger partial charge >= 0.3 is 0 Å². The van der Waals surface area contributed by atoms with Crippen LogP contribution in [0.1, 0.15) is 30.4 Å². The SMILES string of the molecule is COc1cccc(CN2CCCCC2=Nc2cccc(Cl)c2C#N)c1. The van der Waals surface area contributed by atoms with Crippen molar-refractivity contribution in [3.63, 3.8) is 0 Å². The van der Waals surface area contributed by atoms with E-state index in [1.54, 1.807) is 13.2 Å². The molecule has 2 aromatic carbocycles. The highest BCUT2D eigenvalue weighted by atomic mass is 35.5. The zero-order chi connectivity index (χ0) is 17.6. The number of halogens is 1. The van der Waals surface area contributed by atoms with Gasteiger partial charge in [-0.2, -0.15) is 5.26 Å². The van der Waals surface area contributed by atoms with Gasteiger partial charge < -0.3 is 9.64 Å². The van der Waals surface area contributed by atoms with Crippen molar-refractivity contribution in [1.82, 2.24) is 4.90 Å². The van der Waals surface area contributed by atoms with Gasteiger partial charge in [0.05, 0.1) is 23.4 Å². The van der Waals surface area contributed by atoms with Crippen molar-refractivity contribution in [2.45, 2.75) is 25.8 Å². The van der Waals surface area contributed by atoms with Gasteiger partial charge in [0.2, 0.25) is 0 Å². The fourth-order valence-electron chi connectivity index (χ4n) is 3.02. The summed E-state index contributed by atoms with van der Waals surface area (Å²) in [5.74, 6) is 1.86. The van der Waals surface area contributed by atoms with Crippen LogP contribution in [0, 0.1) is 11.3 Å². The molecule has 0 unspecified atom stereocenters. The Kier molecular flexibility index (Phi) is 5.57. The lowest BCUT2D eigenvalue weighted by Crippen LogP contribution is -2.34. The molecule has 5 heteroatoms. The van der Waals surface area contributed by atoms with Gasteiger partial charge in [0.15, 0.2) is 0 Å². The Hall–Kier alpha value is -2.51. The topological polar surface area (TPSA) is 48.6 Å². The van der Waals surface area contributed by atoms with Crippen LogP contribution in [0.2, 0.25) is 5.02 Å². The summed E-state index contributed by atoms with van der Waals surface area (Å²) in [6.07, 6.45) is 3.15. The second-order valence-electron chi connectivity index (χ2n) is 6.00. The van der Waals surface area contributed by atoms with Gasteiger partial charge in [-0.1, -0.05) is 29.8 Å². The molecule has 1 heterocycles. The van der Waals surface area contributed by atoms with Crippen LogP contribution < -0.4 is 4.74 Å². The number of hydrogen-bond acceptors (Lipinski definition) is 3. The second kappa shape index (κ2) is 8.04. The molecule has 1 aliphatic heterocycles. The smallest absolute Gasteiger partial charge is 0.119 e. The van der Waals surface area contributed by atoms with E-state index in [9.17, 15) is 5.26 Å². The van der Waals surface area contributed by atoms with E-state index in [1.165, 1.54) is 5.56 Å². The maximum atomic E-state index is 9.36. The molecule has 25 heavy (non-hydrogen) atoms. The lowest BCUT2D eigenvalue weighted by molar-refractivity contribution is 0.362. The number of piperidine rings is 1. The zero-order valence-electron chi connectivity index (χ0n) is 14.2. The first-order valence-corrected chi connectivity index (χ1v) is 8.73. The number of ether oxygens (including phenoxy) is 1. The molecule has 1 saturated heterocycles. The number of methoxy groups -OCH3 is 1. The van der Waals surface area contributed by atoms with Gasteiger partial charge in [0, 0.05) is 19.5 Å². The van der Waals surface area contributed by atoms with Crippen LogP contribution >= 0.6 is 11.6 Å². The van der Waals surface area contributed by atoms with Crippen molar-refractivity contribution >= 4 is 23.1 Å². The van der Waals surface area contributed by atoms with Crippen molar-refractivity contribution in [3.8, 4) is 11.8 Å². The maximum absolute atomic E-state index is 9.36. The molecule has 0 bridgehead atoms. The second-order valence-corrected chi connectivity index (χ2v) is 6.41. The lowest BCUT2D eigenvalue weighted by atomic mass is 10.1. The summed E-state index contributed by atoms with van der Waals surface area (Å²) in [6.45, 7) is 1.73. The molecular formula is C20H20ClN3O. The monoisotopic (exact) mass is 353 g/mol. The highest BCUT2D eigenvalue weighted by Gasteiger charge is 2.18. The Labute approximate surface area is 153 Å². The van der Waals surface area contributed by atoms with Gasteiger partial charge in [0.25, 0.3) is 0 Å². The maximum Gasteiger partial charge on any atom is 0.119 e. The van der Waals surface area contributed by atoms with Crippen LogP contribution in [0.4, 0.5) is 5.69 Å². The van der Waals surface area contributed by atoms with E-state index >= 15 is 0 Å². The molecule has 0 radical (unpaired) electrons. The van der Waals surface area contributed by atoms with Crippen molar-refractivity contribution in [3.05, 3.63) is 58.6 Å². The minimum atomic E-state index is 0.434. The summed E-state index contributed by atoms with van der Waals surface area (Å²) in [6, 6.07) is 15.6. The molecule has 1 aliphatic rings. The van der Waals surface area contributed by atoms with E-state index in [0.717, 1.165) is 43.9 Å². The van der Waals surface area contributed by atoms with Gasteiger partial charge in [-0.3, -0.25) is 0 Å². The number of likely N-dealkylation sites (tertiary alicyclic amines) is 1. The first-order chi connectivity index (χ1) is 12.2. The summed E-state index contributed by atoms with van der Waals surface area (Å²) < 4.78 is 5.31. The molecule has 0 saturated carbocycles. The summed E-state index contributed by atoms with van der Waals surface area (Å²) in [7, 11) is 1.68. The normalized spacial score (nSPS) is 15.9. The molecule has 1 fully saturated rings. The fraction of sp³-hybridized carbons (Fsp3) is 0.300. The minimum absolute atomic E-state index is 0.434. The molecule has 2 aromatic rings. The van der Waals surface area contributed by atoms with Crippen LogP contribution in [-0.2, 0) is 6.54 Å². The van der Waals surface area contributed by atoms with Crippen LogP contribution in [0.3, 0.4) is 0 Å². The number of nitrogens with zero attached hydrogens (tertiary/aromatic N) is 3. The van der Waals surface area contributed by atoms with E-state index < -0.39 is 0 Å². The molecule has 0 aliphatic carbocycles. The summed E-state index contributed by atoms with van der Waals surface area (Å²) in [5, 5.41) is 9.80. The molecule has 4 nitrogen and oxygen atoms in total. The van der Waals surface area contributed by atoms with Crippen LogP contribution in [0.5, 0.6) is 5.75 Å². The number of hydrogen-bond donors (Lipinski definition) is 0. The Morgan fingerprint density at radius 1 is 1.24 bits per heavy atom. The molecule has 0 N–H and O–H groups in total. The van der Waals surface area contributed by atoms with Crippen molar-refractivity contribution in [2.24, 2.45) is 4.99 Å². The van der Waals surface area contributed by atoms with Gasteiger partial charge in [-0.25, -0.2) is 4.99 Å². The average molecular weight is 354 g/mol. The minimum Gasteiger partial charge on any atom is -0.497 e. The fourth-order valence-corrected chi connectivity index (χ4v) is 3.23. The van der Waals surface area contributed by atoms with E-state index in [1.807, 2.05) is 30.3 Å². The standard InChI is InChI=1S/C20H20ClN3O/c1-25-16-7-4-6-15(12-16)14-24-11-3-2-10-20(24)23-19-9-5-8-18(21)17(19)13-22/h4-9,12H,2-3,10-11,14H2,1H3. The highest BCUT2D eigenvalue weighted by molar-refractivity contribution is 6.32. The third-order valence-electron chi connectivity index (χ3n) is 4.30. The quantitative estimate of drug-likeness (QED) is 0.782. The van der Waals surface area contributed by atoms with Crippen molar-refractivity contribution < 1.29 is 4.74 Å². The molecule has 0 atom stereocenters. The number of rotatable bonds is 4. The molecule has 0 amide bonds. The molecule has 0 spiro atoms. The van der Waals surface area contributed by atoms with Gasteiger partial charge in [0.1, 0.15) is 17.7 Å². The summed E-state index contributed by atoms with van der Waals surface area (Å²) in [4.78, 5) is 7.05. The van der Waals surface area contributed by atoms with Crippen molar-refractivity contribution in [2.75, 3.05) is 13.7 Å². The Balaban J connectivity index is 1.88. The van der Waals surface area contributed by atoms with Crippen LogP contribution in [0.25, 0.3) is 0 Å². The lowest BCUT2D eigenvalue weighted by Gasteiger charge is -2.30. The summed E-state index contributed by atoms with van der Waals surface area (Å²) in [5.41, 5.74) is 2.26. The third kappa shape index (κ3) is 4.12. The van der Waals surface area contributed by atoms with Crippen LogP contribution in [0.15, 0.2) is 47.5 Å². The highest BCUT2D eigenvalue weighted by Crippen LogP contribution is 2.28. The van der Waals surface area contributed by atoms with E-state index in [-0.39, 0.29) is 0 Å². The first-order valence-electron chi connectivity index (χ1n) is 8.35. The predicted molar refractivity (Wildman–Crippen MR) is 101 cm³/mol. The molecule has 0 aromatic heterocycles. The Morgan fingerprint density at radius 3 is 2.88 bits per heavy atom. The number of amidine groups is 1. The summed E-state index contributed by atoms with van der Waals surface area (Å²) >= 11 is 6.13. The van der Waals surface area contributed by atoms with Crippen molar-refractivity contribution in [1.29, 1.82) is 5.26 Å². The number of nitriles is 1. The van der Waals surface area contributed by atoms with E-state index in [4.69, 9.17) is 21.3 Å². The first kappa shape index (κ1) is 17.3.